The highest BCUT2D eigenvalue weighted by Crippen LogP contribution is 2.46. The predicted octanol–water partition coefficient (Wildman–Crippen LogP) is 15.1. The van der Waals surface area contributed by atoms with Crippen LogP contribution in [0.5, 0.6) is 0 Å². The third kappa shape index (κ3) is 5.28. The average Bonchev–Trinajstić information content (AvgIpc) is 3.81. The Morgan fingerprint density at radius 2 is 0.909 bits per heavy atom. The maximum atomic E-state index is 6.76. The summed E-state index contributed by atoms with van der Waals surface area (Å²) in [5.74, 6) is 0. The molecule has 11 aromatic rings. The summed E-state index contributed by atoms with van der Waals surface area (Å²) in [6.07, 6.45) is 0. The Kier molecular flexibility index (Phi) is 7.17. The maximum Gasteiger partial charge on any atom is 0.143 e. The molecule has 9 aromatic carbocycles. The molecule has 0 saturated heterocycles. The van der Waals surface area contributed by atoms with Crippen molar-refractivity contribution in [2.75, 3.05) is 4.90 Å². The van der Waals surface area contributed by atoms with Crippen molar-refractivity contribution in [2.24, 2.45) is 0 Å². The molecule has 0 saturated carbocycles. The van der Waals surface area contributed by atoms with Crippen molar-refractivity contribution in [3.05, 3.63) is 200 Å². The van der Waals surface area contributed by atoms with Crippen LogP contribution in [0.1, 0.15) is 0 Å². The molecule has 0 bridgehead atoms. The maximum absolute atomic E-state index is 6.76. The zero-order chi connectivity index (χ0) is 36.3. The standard InChI is InChI=1S/C52H33NO2/c1-2-12-34(13-3-1)36-16-10-17-37(30-36)35-24-26-40(27-25-35)53(41-28-29-44-43-19-7-9-23-49(43)54-51(44)33-41)48-22-8-6-18-42(48)45-20-11-21-46-47-31-38-14-4-5-15-39(38)32-50(47)55-52(45)46/h1-33H. The number of hydrogen-bond donors (Lipinski definition) is 0. The monoisotopic (exact) mass is 703 g/mol. The summed E-state index contributed by atoms with van der Waals surface area (Å²) in [4.78, 5) is 2.34. The first-order chi connectivity index (χ1) is 27.2. The van der Waals surface area contributed by atoms with Gasteiger partial charge in [-0.2, -0.15) is 0 Å². The van der Waals surface area contributed by atoms with E-state index in [2.05, 4.69) is 193 Å². The second-order valence-electron chi connectivity index (χ2n) is 14.1. The summed E-state index contributed by atoms with van der Waals surface area (Å²) < 4.78 is 13.2. The van der Waals surface area contributed by atoms with Gasteiger partial charge in [0.15, 0.2) is 0 Å². The molecule has 0 unspecified atom stereocenters. The van der Waals surface area contributed by atoms with Crippen molar-refractivity contribution in [1.29, 1.82) is 0 Å². The summed E-state index contributed by atoms with van der Waals surface area (Å²) in [6, 6.07) is 70.9. The highest BCUT2D eigenvalue weighted by Gasteiger charge is 2.22. The second kappa shape index (κ2) is 12.6. The van der Waals surface area contributed by atoms with E-state index in [0.717, 1.165) is 77.6 Å². The smallest absolute Gasteiger partial charge is 0.143 e. The van der Waals surface area contributed by atoms with E-state index in [1.54, 1.807) is 0 Å². The van der Waals surface area contributed by atoms with E-state index in [1.165, 1.54) is 27.5 Å². The van der Waals surface area contributed by atoms with Crippen LogP contribution in [-0.4, -0.2) is 0 Å². The molecule has 0 aliphatic carbocycles. The van der Waals surface area contributed by atoms with E-state index < -0.39 is 0 Å². The van der Waals surface area contributed by atoms with Crippen molar-refractivity contribution >= 4 is 71.7 Å². The minimum absolute atomic E-state index is 0.849. The first-order valence-electron chi connectivity index (χ1n) is 18.7. The van der Waals surface area contributed by atoms with E-state index in [0.29, 0.717) is 0 Å². The number of anilines is 3. The van der Waals surface area contributed by atoms with Crippen LogP contribution in [0.3, 0.4) is 0 Å². The molecule has 0 amide bonds. The van der Waals surface area contributed by atoms with E-state index in [-0.39, 0.29) is 0 Å². The number of fused-ring (bicyclic) bond motifs is 7. The van der Waals surface area contributed by atoms with Crippen molar-refractivity contribution in [3.63, 3.8) is 0 Å². The minimum atomic E-state index is 0.849. The van der Waals surface area contributed by atoms with Crippen molar-refractivity contribution < 1.29 is 8.83 Å². The molecule has 2 heterocycles. The number of para-hydroxylation sites is 3. The molecule has 11 rings (SSSR count). The van der Waals surface area contributed by atoms with Gasteiger partial charge < -0.3 is 13.7 Å². The summed E-state index contributed by atoms with van der Waals surface area (Å²) in [7, 11) is 0. The third-order valence-electron chi connectivity index (χ3n) is 10.8. The molecule has 258 valence electrons. The van der Waals surface area contributed by atoms with Crippen LogP contribution < -0.4 is 4.90 Å². The molecule has 0 spiro atoms. The number of benzene rings is 9. The molecule has 0 aliphatic heterocycles. The van der Waals surface area contributed by atoms with Crippen LogP contribution in [0.15, 0.2) is 209 Å². The Morgan fingerprint density at radius 1 is 0.309 bits per heavy atom. The molecule has 3 nitrogen and oxygen atoms in total. The van der Waals surface area contributed by atoms with Crippen LogP contribution in [0.25, 0.3) is 88.0 Å². The fraction of sp³-hybridized carbons (Fsp3) is 0. The van der Waals surface area contributed by atoms with E-state index in [9.17, 15) is 0 Å². The fourth-order valence-corrected chi connectivity index (χ4v) is 8.18. The third-order valence-corrected chi connectivity index (χ3v) is 10.8. The Morgan fingerprint density at radius 3 is 1.76 bits per heavy atom. The molecular weight excluding hydrogens is 671 g/mol. The zero-order valence-corrected chi connectivity index (χ0v) is 29.8. The molecule has 0 N–H and O–H groups in total. The van der Waals surface area contributed by atoms with Gasteiger partial charge in [0.1, 0.15) is 22.3 Å². The van der Waals surface area contributed by atoms with Crippen molar-refractivity contribution in [3.8, 4) is 33.4 Å². The van der Waals surface area contributed by atoms with E-state index >= 15 is 0 Å². The molecule has 0 fully saturated rings. The van der Waals surface area contributed by atoms with Gasteiger partial charge in [0.25, 0.3) is 0 Å². The van der Waals surface area contributed by atoms with Crippen molar-refractivity contribution in [1.82, 2.24) is 0 Å². The largest absolute Gasteiger partial charge is 0.456 e. The average molecular weight is 704 g/mol. The normalized spacial score (nSPS) is 11.6. The summed E-state index contributed by atoms with van der Waals surface area (Å²) in [5.41, 5.74) is 13.4. The highest BCUT2D eigenvalue weighted by molar-refractivity contribution is 6.14. The van der Waals surface area contributed by atoms with Gasteiger partial charge in [-0.25, -0.2) is 0 Å². The molecule has 55 heavy (non-hydrogen) atoms. The number of furan rings is 2. The van der Waals surface area contributed by atoms with E-state index in [4.69, 9.17) is 8.83 Å². The van der Waals surface area contributed by atoms with Gasteiger partial charge >= 0.3 is 0 Å². The first kappa shape index (κ1) is 31.2. The van der Waals surface area contributed by atoms with Crippen LogP contribution in [0, 0.1) is 0 Å². The quantitative estimate of drug-likeness (QED) is 0.173. The Balaban J connectivity index is 1.08. The van der Waals surface area contributed by atoms with Gasteiger partial charge in [-0.15, -0.1) is 0 Å². The second-order valence-corrected chi connectivity index (χ2v) is 14.1. The molecule has 0 aliphatic rings. The van der Waals surface area contributed by atoms with Gasteiger partial charge in [-0.1, -0.05) is 140 Å². The molecular formula is C52H33NO2. The van der Waals surface area contributed by atoms with Gasteiger partial charge in [-0.3, -0.25) is 0 Å². The topological polar surface area (TPSA) is 29.5 Å². The van der Waals surface area contributed by atoms with Crippen LogP contribution in [0.2, 0.25) is 0 Å². The van der Waals surface area contributed by atoms with Crippen molar-refractivity contribution in [2.45, 2.75) is 0 Å². The van der Waals surface area contributed by atoms with Crippen LogP contribution in [0.4, 0.5) is 17.1 Å². The molecule has 3 heteroatoms. The number of nitrogens with zero attached hydrogens (tertiary/aromatic N) is 1. The number of hydrogen-bond acceptors (Lipinski definition) is 3. The lowest BCUT2D eigenvalue weighted by atomic mass is 9.97. The lowest BCUT2D eigenvalue weighted by molar-refractivity contribution is 0.669. The fourth-order valence-electron chi connectivity index (χ4n) is 8.18. The Bertz CT molecular complexity index is 3210. The summed E-state index contributed by atoms with van der Waals surface area (Å²) in [6.45, 7) is 0. The SMILES string of the molecule is c1ccc(-c2cccc(-c3ccc(N(c4ccc5c(c4)oc4ccccc45)c4ccccc4-c4cccc5c4oc4cc6ccccc6cc45)cc3)c2)cc1. The van der Waals surface area contributed by atoms with Crippen LogP contribution in [-0.2, 0) is 0 Å². The molecule has 0 radical (unpaired) electrons. The molecule has 0 atom stereocenters. The minimum Gasteiger partial charge on any atom is -0.456 e. The Labute approximate surface area is 317 Å². The highest BCUT2D eigenvalue weighted by atomic mass is 16.3. The van der Waals surface area contributed by atoms with Crippen LogP contribution >= 0.6 is 0 Å². The summed E-state index contributed by atoms with van der Waals surface area (Å²) in [5, 5.41) is 6.80. The zero-order valence-electron chi connectivity index (χ0n) is 29.8. The number of rotatable bonds is 6. The van der Waals surface area contributed by atoms with Gasteiger partial charge in [0.05, 0.1) is 5.69 Å². The lowest BCUT2D eigenvalue weighted by Gasteiger charge is -2.28. The predicted molar refractivity (Wildman–Crippen MR) is 229 cm³/mol. The van der Waals surface area contributed by atoms with Gasteiger partial charge in [0, 0.05) is 50.1 Å². The Hall–Kier alpha value is -7.36. The molecule has 2 aromatic heterocycles. The first-order valence-corrected chi connectivity index (χ1v) is 18.7. The van der Waals surface area contributed by atoms with Gasteiger partial charge in [0.2, 0.25) is 0 Å². The van der Waals surface area contributed by atoms with Gasteiger partial charge in [-0.05, 0) is 87.6 Å². The lowest BCUT2D eigenvalue weighted by Crippen LogP contribution is -2.11. The van der Waals surface area contributed by atoms with E-state index in [1.807, 2.05) is 12.1 Å². The summed E-state index contributed by atoms with van der Waals surface area (Å²) >= 11 is 0.